The van der Waals surface area contributed by atoms with Crippen molar-refractivity contribution in [2.45, 2.75) is 0 Å². The van der Waals surface area contributed by atoms with Crippen molar-refractivity contribution in [3.63, 3.8) is 0 Å². The summed E-state index contributed by atoms with van der Waals surface area (Å²) < 4.78 is 0. The van der Waals surface area contributed by atoms with Gasteiger partial charge < -0.3 is 5.32 Å². The van der Waals surface area contributed by atoms with Crippen LogP contribution < -0.4 is 5.32 Å². The first kappa shape index (κ1) is 11.1. The standard InChI is InChI=1S/C15H13NO/c1-2-16-14-10-8-13(9-11-14)15(17)12-6-4-3-5-7-12/h2-11,16H,1H2. The lowest BCUT2D eigenvalue weighted by atomic mass is 10.0. The Labute approximate surface area is 101 Å². The van der Waals surface area contributed by atoms with E-state index in [9.17, 15) is 4.79 Å². The van der Waals surface area contributed by atoms with Gasteiger partial charge in [-0.1, -0.05) is 36.9 Å². The fourth-order valence-corrected chi connectivity index (χ4v) is 1.59. The molecular formula is C15H13NO. The summed E-state index contributed by atoms with van der Waals surface area (Å²) in [4.78, 5) is 12.1. The van der Waals surface area contributed by atoms with Gasteiger partial charge >= 0.3 is 0 Å². The Morgan fingerprint density at radius 1 is 0.941 bits per heavy atom. The molecule has 1 N–H and O–H groups in total. The molecule has 2 heteroatoms. The van der Waals surface area contributed by atoms with Gasteiger partial charge in [0.15, 0.2) is 5.78 Å². The van der Waals surface area contributed by atoms with Crippen LogP contribution in [0, 0.1) is 0 Å². The first-order valence-corrected chi connectivity index (χ1v) is 5.38. The van der Waals surface area contributed by atoms with E-state index in [2.05, 4.69) is 11.9 Å². The van der Waals surface area contributed by atoms with Gasteiger partial charge in [-0.2, -0.15) is 0 Å². The monoisotopic (exact) mass is 223 g/mol. The predicted molar refractivity (Wildman–Crippen MR) is 70.1 cm³/mol. The highest BCUT2D eigenvalue weighted by Gasteiger charge is 2.07. The Kier molecular flexibility index (Phi) is 3.36. The summed E-state index contributed by atoms with van der Waals surface area (Å²) in [6, 6.07) is 16.6. The molecule has 0 heterocycles. The first-order valence-electron chi connectivity index (χ1n) is 5.38. The molecule has 0 saturated heterocycles. The average molecular weight is 223 g/mol. The van der Waals surface area contributed by atoms with E-state index in [1.165, 1.54) is 0 Å². The molecular weight excluding hydrogens is 210 g/mol. The minimum Gasteiger partial charge on any atom is -0.362 e. The summed E-state index contributed by atoms with van der Waals surface area (Å²) >= 11 is 0. The Morgan fingerprint density at radius 2 is 1.53 bits per heavy atom. The number of rotatable bonds is 4. The maximum Gasteiger partial charge on any atom is 0.193 e. The van der Waals surface area contributed by atoms with Crippen LogP contribution in [-0.4, -0.2) is 5.78 Å². The lowest BCUT2D eigenvalue weighted by molar-refractivity contribution is 0.103. The zero-order valence-corrected chi connectivity index (χ0v) is 9.39. The van der Waals surface area contributed by atoms with Gasteiger partial charge in [-0.25, -0.2) is 0 Å². The highest BCUT2D eigenvalue weighted by Crippen LogP contribution is 2.13. The summed E-state index contributed by atoms with van der Waals surface area (Å²) in [6.45, 7) is 3.58. The van der Waals surface area contributed by atoms with Crippen molar-refractivity contribution in [3.05, 3.63) is 78.5 Å². The van der Waals surface area contributed by atoms with Crippen molar-refractivity contribution in [3.8, 4) is 0 Å². The van der Waals surface area contributed by atoms with Gasteiger partial charge in [-0.3, -0.25) is 4.79 Å². The predicted octanol–water partition coefficient (Wildman–Crippen LogP) is 3.47. The Hall–Kier alpha value is -2.35. The number of hydrogen-bond donors (Lipinski definition) is 1. The van der Waals surface area contributed by atoms with E-state index >= 15 is 0 Å². The van der Waals surface area contributed by atoms with E-state index in [1.807, 2.05) is 42.5 Å². The third-order valence-corrected chi connectivity index (χ3v) is 2.45. The van der Waals surface area contributed by atoms with E-state index in [0.717, 1.165) is 5.69 Å². The number of hydrogen-bond acceptors (Lipinski definition) is 2. The number of carbonyl (C=O) groups is 1. The van der Waals surface area contributed by atoms with Crippen LogP contribution in [0.15, 0.2) is 67.4 Å². The topological polar surface area (TPSA) is 29.1 Å². The third kappa shape index (κ3) is 2.61. The van der Waals surface area contributed by atoms with E-state index in [0.29, 0.717) is 11.1 Å². The molecule has 0 radical (unpaired) electrons. The van der Waals surface area contributed by atoms with Crippen LogP contribution in [0.4, 0.5) is 5.69 Å². The highest BCUT2D eigenvalue weighted by molar-refractivity contribution is 6.09. The molecule has 17 heavy (non-hydrogen) atoms. The summed E-state index contributed by atoms with van der Waals surface area (Å²) in [6.07, 6.45) is 1.61. The molecule has 2 aromatic rings. The van der Waals surface area contributed by atoms with Crippen LogP contribution in [-0.2, 0) is 0 Å². The van der Waals surface area contributed by atoms with Gasteiger partial charge in [0.2, 0.25) is 0 Å². The molecule has 2 aromatic carbocycles. The van der Waals surface area contributed by atoms with Crippen LogP contribution in [0.25, 0.3) is 0 Å². The van der Waals surface area contributed by atoms with Crippen molar-refractivity contribution in [2.75, 3.05) is 5.32 Å². The second-order valence-corrected chi connectivity index (χ2v) is 3.62. The Bertz CT molecular complexity index is 514. The van der Waals surface area contributed by atoms with E-state index in [-0.39, 0.29) is 5.78 Å². The summed E-state index contributed by atoms with van der Waals surface area (Å²) in [7, 11) is 0. The highest BCUT2D eigenvalue weighted by atomic mass is 16.1. The molecule has 0 unspecified atom stereocenters. The minimum absolute atomic E-state index is 0.0377. The van der Waals surface area contributed by atoms with E-state index < -0.39 is 0 Å². The van der Waals surface area contributed by atoms with Crippen molar-refractivity contribution in [2.24, 2.45) is 0 Å². The molecule has 2 nitrogen and oxygen atoms in total. The number of anilines is 1. The van der Waals surface area contributed by atoms with Crippen LogP contribution in [0.5, 0.6) is 0 Å². The number of ketones is 1. The van der Waals surface area contributed by atoms with Gasteiger partial charge in [0.25, 0.3) is 0 Å². The summed E-state index contributed by atoms with van der Waals surface area (Å²) in [5.74, 6) is 0.0377. The molecule has 84 valence electrons. The van der Waals surface area contributed by atoms with Gasteiger partial charge in [0, 0.05) is 16.8 Å². The lowest BCUT2D eigenvalue weighted by Crippen LogP contribution is -2.00. The second-order valence-electron chi connectivity index (χ2n) is 3.62. The lowest BCUT2D eigenvalue weighted by Gasteiger charge is -2.03. The Morgan fingerprint density at radius 3 is 2.12 bits per heavy atom. The maximum absolute atomic E-state index is 12.1. The fraction of sp³-hybridized carbons (Fsp3) is 0. The van der Waals surface area contributed by atoms with Gasteiger partial charge in [0.1, 0.15) is 0 Å². The molecule has 0 atom stereocenters. The van der Waals surface area contributed by atoms with Crippen LogP contribution in [0.2, 0.25) is 0 Å². The summed E-state index contributed by atoms with van der Waals surface area (Å²) in [5.41, 5.74) is 2.31. The van der Waals surface area contributed by atoms with Crippen LogP contribution in [0.1, 0.15) is 15.9 Å². The van der Waals surface area contributed by atoms with Gasteiger partial charge in [-0.05, 0) is 30.5 Å². The van der Waals surface area contributed by atoms with Crippen molar-refractivity contribution < 1.29 is 4.79 Å². The average Bonchev–Trinajstić information content (AvgIpc) is 2.40. The second kappa shape index (κ2) is 5.12. The molecule has 0 spiro atoms. The normalized spacial score (nSPS) is 9.65. The largest absolute Gasteiger partial charge is 0.362 e. The van der Waals surface area contributed by atoms with Crippen molar-refractivity contribution in [1.82, 2.24) is 0 Å². The molecule has 0 bridgehead atoms. The molecule has 0 aliphatic heterocycles. The van der Waals surface area contributed by atoms with Crippen LogP contribution in [0.3, 0.4) is 0 Å². The van der Waals surface area contributed by atoms with Crippen molar-refractivity contribution >= 4 is 11.5 Å². The van der Waals surface area contributed by atoms with Gasteiger partial charge in [0.05, 0.1) is 0 Å². The first-order chi connectivity index (χ1) is 8.31. The minimum atomic E-state index is 0.0377. The molecule has 0 saturated carbocycles. The number of benzene rings is 2. The molecule has 0 fully saturated rings. The Balaban J connectivity index is 2.23. The molecule has 0 aliphatic rings. The van der Waals surface area contributed by atoms with E-state index in [1.54, 1.807) is 18.3 Å². The van der Waals surface area contributed by atoms with Gasteiger partial charge in [-0.15, -0.1) is 0 Å². The molecule has 0 aliphatic carbocycles. The zero-order valence-electron chi connectivity index (χ0n) is 9.39. The SMILES string of the molecule is C=CNc1ccc(C(=O)c2ccccc2)cc1. The third-order valence-electron chi connectivity index (χ3n) is 2.45. The smallest absolute Gasteiger partial charge is 0.193 e. The summed E-state index contributed by atoms with van der Waals surface area (Å²) in [5, 5.41) is 2.97. The number of carbonyl (C=O) groups excluding carboxylic acids is 1. The van der Waals surface area contributed by atoms with Crippen molar-refractivity contribution in [1.29, 1.82) is 0 Å². The van der Waals surface area contributed by atoms with E-state index in [4.69, 9.17) is 0 Å². The quantitative estimate of drug-likeness (QED) is 0.804. The number of nitrogens with one attached hydrogen (secondary N) is 1. The zero-order chi connectivity index (χ0) is 12.1. The molecule has 0 amide bonds. The maximum atomic E-state index is 12.1. The molecule has 2 rings (SSSR count). The molecule has 0 aromatic heterocycles. The fourth-order valence-electron chi connectivity index (χ4n) is 1.59. The van der Waals surface area contributed by atoms with Crippen LogP contribution >= 0.6 is 0 Å².